The third kappa shape index (κ3) is 1.62. The summed E-state index contributed by atoms with van der Waals surface area (Å²) >= 11 is 11.3. The maximum atomic E-state index is 10.7. The van der Waals surface area contributed by atoms with Crippen LogP contribution in [-0.2, 0) is 0 Å². The van der Waals surface area contributed by atoms with Gasteiger partial charge in [0.05, 0.1) is 15.6 Å². The van der Waals surface area contributed by atoms with E-state index in [1.54, 1.807) is 0 Å². The number of hydrogen-bond acceptors (Lipinski definition) is 2. The van der Waals surface area contributed by atoms with Gasteiger partial charge in [0.25, 0.3) is 5.91 Å². The Morgan fingerprint density at radius 3 is 2.25 bits per heavy atom. The zero-order valence-corrected chi connectivity index (χ0v) is 7.49. The van der Waals surface area contributed by atoms with Crippen molar-refractivity contribution in [3.8, 4) is 0 Å². The zero-order valence-electron chi connectivity index (χ0n) is 5.97. The lowest BCUT2D eigenvalue weighted by molar-refractivity contribution is 0.100. The van der Waals surface area contributed by atoms with Crippen molar-refractivity contribution in [2.75, 3.05) is 5.73 Å². The average molecular weight is 205 g/mol. The number of nitrogen functional groups attached to an aromatic ring is 1. The molecule has 0 aliphatic rings. The van der Waals surface area contributed by atoms with E-state index >= 15 is 0 Å². The van der Waals surface area contributed by atoms with Gasteiger partial charge < -0.3 is 11.5 Å². The van der Waals surface area contributed by atoms with E-state index in [0.29, 0.717) is 5.02 Å². The lowest BCUT2D eigenvalue weighted by atomic mass is 10.2. The number of primary amides is 1. The topological polar surface area (TPSA) is 69.1 Å². The predicted molar refractivity (Wildman–Crippen MR) is 49.4 cm³/mol. The van der Waals surface area contributed by atoms with Crippen molar-refractivity contribution >= 4 is 34.8 Å². The van der Waals surface area contributed by atoms with Crippen molar-refractivity contribution in [1.29, 1.82) is 0 Å². The van der Waals surface area contributed by atoms with Gasteiger partial charge in [-0.05, 0) is 12.1 Å². The molecule has 0 bridgehead atoms. The number of rotatable bonds is 1. The van der Waals surface area contributed by atoms with Crippen molar-refractivity contribution in [2.45, 2.75) is 0 Å². The van der Waals surface area contributed by atoms with Gasteiger partial charge in [-0.2, -0.15) is 0 Å². The van der Waals surface area contributed by atoms with Gasteiger partial charge in [0.15, 0.2) is 0 Å². The van der Waals surface area contributed by atoms with Crippen LogP contribution in [0.2, 0.25) is 10.0 Å². The van der Waals surface area contributed by atoms with E-state index in [-0.39, 0.29) is 16.3 Å². The fraction of sp³-hybridized carbons (Fsp3) is 0. The van der Waals surface area contributed by atoms with Crippen molar-refractivity contribution < 1.29 is 4.79 Å². The fourth-order valence-corrected chi connectivity index (χ4v) is 1.11. The smallest absolute Gasteiger partial charge is 0.250 e. The summed E-state index contributed by atoms with van der Waals surface area (Å²) in [4.78, 5) is 10.7. The molecule has 1 rings (SSSR count). The van der Waals surface area contributed by atoms with E-state index in [9.17, 15) is 4.79 Å². The molecule has 1 aromatic carbocycles. The maximum Gasteiger partial charge on any atom is 0.250 e. The Hall–Kier alpha value is -0.930. The Morgan fingerprint density at radius 1 is 1.25 bits per heavy atom. The summed E-state index contributed by atoms with van der Waals surface area (Å²) in [6.45, 7) is 0. The molecule has 0 aromatic heterocycles. The van der Waals surface area contributed by atoms with Crippen LogP contribution in [-0.4, -0.2) is 5.91 Å². The highest BCUT2D eigenvalue weighted by Crippen LogP contribution is 2.26. The van der Waals surface area contributed by atoms with Gasteiger partial charge in [0.2, 0.25) is 0 Å². The van der Waals surface area contributed by atoms with Crippen molar-refractivity contribution in [2.24, 2.45) is 5.73 Å². The van der Waals surface area contributed by atoms with E-state index < -0.39 is 5.91 Å². The highest BCUT2D eigenvalue weighted by molar-refractivity contribution is 6.42. The minimum Gasteiger partial charge on any atom is -0.398 e. The molecule has 3 nitrogen and oxygen atoms in total. The molecule has 0 unspecified atom stereocenters. The molecule has 0 aliphatic carbocycles. The molecule has 0 saturated carbocycles. The summed E-state index contributed by atoms with van der Waals surface area (Å²) in [6.07, 6.45) is 0. The van der Waals surface area contributed by atoms with Crippen molar-refractivity contribution in [3.63, 3.8) is 0 Å². The van der Waals surface area contributed by atoms with Gasteiger partial charge >= 0.3 is 0 Å². The molecule has 12 heavy (non-hydrogen) atoms. The number of nitrogens with two attached hydrogens (primary N) is 2. The Kier molecular flexibility index (Phi) is 2.45. The van der Waals surface area contributed by atoms with Crippen LogP contribution in [0.3, 0.4) is 0 Å². The highest BCUT2D eigenvalue weighted by Gasteiger charge is 2.08. The van der Waals surface area contributed by atoms with Crippen LogP contribution in [0.25, 0.3) is 0 Å². The minimum atomic E-state index is -0.619. The summed E-state index contributed by atoms with van der Waals surface area (Å²) in [5.74, 6) is -0.619. The van der Waals surface area contributed by atoms with Crippen LogP contribution < -0.4 is 11.5 Å². The molecule has 0 fully saturated rings. The fourth-order valence-electron chi connectivity index (χ4n) is 0.776. The second-order valence-electron chi connectivity index (χ2n) is 2.22. The molecule has 64 valence electrons. The number of carbonyl (C=O) groups is 1. The first kappa shape index (κ1) is 9.16. The minimum absolute atomic E-state index is 0.185. The Bertz CT molecular complexity index is 338. The molecular weight excluding hydrogens is 199 g/mol. The summed E-state index contributed by atoms with van der Waals surface area (Å²) in [5, 5.41) is 0.568. The Morgan fingerprint density at radius 2 is 1.75 bits per heavy atom. The van der Waals surface area contributed by atoms with Crippen LogP contribution in [0.4, 0.5) is 5.69 Å². The van der Waals surface area contributed by atoms with E-state index in [1.807, 2.05) is 0 Å². The van der Waals surface area contributed by atoms with Gasteiger partial charge in [-0.3, -0.25) is 4.79 Å². The van der Waals surface area contributed by atoms with Gasteiger partial charge in [0.1, 0.15) is 0 Å². The summed E-state index contributed by atoms with van der Waals surface area (Å²) in [6, 6.07) is 2.74. The number of hydrogen-bond donors (Lipinski definition) is 2. The van der Waals surface area contributed by atoms with Crippen LogP contribution in [0, 0.1) is 0 Å². The normalized spacial score (nSPS) is 9.83. The first-order valence-electron chi connectivity index (χ1n) is 3.06. The zero-order chi connectivity index (χ0) is 9.30. The predicted octanol–water partition coefficient (Wildman–Crippen LogP) is 1.67. The molecule has 0 atom stereocenters. The quantitative estimate of drug-likeness (QED) is 0.684. The number of amides is 1. The third-order valence-electron chi connectivity index (χ3n) is 1.36. The van der Waals surface area contributed by atoms with Crippen LogP contribution in [0.15, 0.2) is 12.1 Å². The largest absolute Gasteiger partial charge is 0.398 e. The molecule has 5 heteroatoms. The average Bonchev–Trinajstić information content (AvgIpc) is 1.96. The molecule has 0 spiro atoms. The summed E-state index contributed by atoms with van der Waals surface area (Å²) < 4.78 is 0. The lowest BCUT2D eigenvalue weighted by Gasteiger charge is -2.02. The van der Waals surface area contributed by atoms with Crippen LogP contribution >= 0.6 is 23.2 Å². The number of halogens is 2. The monoisotopic (exact) mass is 204 g/mol. The van der Waals surface area contributed by atoms with E-state index in [2.05, 4.69) is 0 Å². The SMILES string of the molecule is NC(=O)c1cc(Cl)c(Cl)cc1N. The standard InChI is InChI=1S/C7H6Cl2N2O/c8-4-1-3(7(11)12)6(10)2-5(4)9/h1-2H,10H2,(H2,11,12). The highest BCUT2D eigenvalue weighted by atomic mass is 35.5. The molecule has 1 aromatic rings. The second kappa shape index (κ2) is 3.21. The summed E-state index contributed by atoms with van der Waals surface area (Å²) in [7, 11) is 0. The van der Waals surface area contributed by atoms with E-state index in [4.69, 9.17) is 34.7 Å². The lowest BCUT2D eigenvalue weighted by Crippen LogP contribution is -2.13. The van der Waals surface area contributed by atoms with Crippen LogP contribution in [0.1, 0.15) is 10.4 Å². The van der Waals surface area contributed by atoms with Gasteiger partial charge in [-0.1, -0.05) is 23.2 Å². The molecular formula is C7H6Cl2N2O. The molecule has 4 N–H and O–H groups in total. The van der Waals surface area contributed by atoms with Gasteiger partial charge in [-0.15, -0.1) is 0 Å². The van der Waals surface area contributed by atoms with Gasteiger partial charge in [0, 0.05) is 5.69 Å². The second-order valence-corrected chi connectivity index (χ2v) is 3.03. The summed E-state index contributed by atoms with van der Waals surface area (Å²) in [5.41, 5.74) is 10.9. The van der Waals surface area contributed by atoms with Crippen molar-refractivity contribution in [1.82, 2.24) is 0 Å². The van der Waals surface area contributed by atoms with Crippen molar-refractivity contribution in [3.05, 3.63) is 27.7 Å². The van der Waals surface area contributed by atoms with E-state index in [1.165, 1.54) is 12.1 Å². The molecule has 1 amide bonds. The molecule has 0 aliphatic heterocycles. The van der Waals surface area contributed by atoms with E-state index in [0.717, 1.165) is 0 Å². The first-order chi connectivity index (χ1) is 5.52. The molecule has 0 radical (unpaired) electrons. The number of benzene rings is 1. The van der Waals surface area contributed by atoms with Crippen LogP contribution in [0.5, 0.6) is 0 Å². The molecule has 0 saturated heterocycles. The third-order valence-corrected chi connectivity index (χ3v) is 2.08. The van der Waals surface area contributed by atoms with Gasteiger partial charge in [-0.25, -0.2) is 0 Å². The Balaban J connectivity index is 3.33. The molecule has 0 heterocycles. The number of carbonyl (C=O) groups excluding carboxylic acids is 1. The first-order valence-corrected chi connectivity index (χ1v) is 3.82. The Labute approximate surface area is 79.2 Å². The number of anilines is 1. The maximum absolute atomic E-state index is 10.7.